The second-order valence-corrected chi connectivity index (χ2v) is 13.1. The van der Waals surface area contributed by atoms with E-state index >= 15 is 0 Å². The third kappa shape index (κ3) is 4.45. The quantitative estimate of drug-likeness (QED) is 0.187. The van der Waals surface area contributed by atoms with Gasteiger partial charge in [0, 0.05) is 27.8 Å². The molecular formula is C47H28N4O. The van der Waals surface area contributed by atoms with Crippen molar-refractivity contribution in [1.29, 1.82) is 5.26 Å². The maximum atomic E-state index is 10.6. The normalized spacial score (nSPS) is 12.9. The van der Waals surface area contributed by atoms with Crippen molar-refractivity contribution < 1.29 is 4.74 Å². The van der Waals surface area contributed by atoms with E-state index in [9.17, 15) is 5.26 Å². The maximum absolute atomic E-state index is 10.6. The second-order valence-electron chi connectivity index (χ2n) is 13.1. The fourth-order valence-corrected chi connectivity index (χ4v) is 7.97. The molecule has 2 heterocycles. The van der Waals surface area contributed by atoms with E-state index in [1.165, 1.54) is 5.56 Å². The minimum Gasteiger partial charge on any atom is -0.457 e. The molecule has 0 N–H and O–H groups in total. The Bertz CT molecular complexity index is 2610. The number of ether oxygens (including phenoxy) is 1. The number of nitriles is 1. The van der Waals surface area contributed by atoms with E-state index in [2.05, 4.69) is 78.9 Å². The first-order valence-corrected chi connectivity index (χ1v) is 17.3. The lowest BCUT2D eigenvalue weighted by Crippen LogP contribution is -2.32. The molecule has 52 heavy (non-hydrogen) atoms. The van der Waals surface area contributed by atoms with Gasteiger partial charge in [-0.25, -0.2) is 15.0 Å². The lowest BCUT2D eigenvalue weighted by molar-refractivity contribution is 0.436. The summed E-state index contributed by atoms with van der Waals surface area (Å²) < 4.78 is 6.51. The first-order valence-electron chi connectivity index (χ1n) is 17.3. The van der Waals surface area contributed by atoms with Crippen LogP contribution < -0.4 is 4.74 Å². The highest BCUT2D eigenvalue weighted by molar-refractivity contribution is 5.92. The van der Waals surface area contributed by atoms with E-state index in [-0.39, 0.29) is 0 Å². The SMILES string of the molecule is N#Cc1cc2c(cc1-c1ccc(-c3nc(-c4ccccc4)nc(-c4ccccc4)n3)cc1)C1(c3ccccc3Oc3ccccc31)c1ccccc1-2. The van der Waals surface area contributed by atoms with Gasteiger partial charge < -0.3 is 4.74 Å². The number of hydrogen-bond donors (Lipinski definition) is 0. The third-order valence-electron chi connectivity index (χ3n) is 10.3. The smallest absolute Gasteiger partial charge is 0.164 e. The number of hydrogen-bond acceptors (Lipinski definition) is 5. The van der Waals surface area contributed by atoms with Crippen LogP contribution in [0.3, 0.4) is 0 Å². The van der Waals surface area contributed by atoms with E-state index in [4.69, 9.17) is 19.7 Å². The summed E-state index contributed by atoms with van der Waals surface area (Å²) in [6.45, 7) is 0. The van der Waals surface area contributed by atoms with Gasteiger partial charge in [0.05, 0.1) is 17.0 Å². The molecule has 0 amide bonds. The van der Waals surface area contributed by atoms with Crippen LogP contribution >= 0.6 is 0 Å². The largest absolute Gasteiger partial charge is 0.457 e. The van der Waals surface area contributed by atoms with Crippen LogP contribution in [0.25, 0.3) is 56.4 Å². The number of nitrogens with zero attached hydrogens (tertiary/aromatic N) is 4. The molecule has 1 aliphatic carbocycles. The van der Waals surface area contributed by atoms with Crippen molar-refractivity contribution in [1.82, 2.24) is 15.0 Å². The summed E-state index contributed by atoms with van der Waals surface area (Å²) >= 11 is 0. The van der Waals surface area contributed by atoms with Crippen LogP contribution in [0.1, 0.15) is 27.8 Å². The topological polar surface area (TPSA) is 71.7 Å². The zero-order valence-electron chi connectivity index (χ0n) is 27.9. The molecule has 0 saturated heterocycles. The highest BCUT2D eigenvalue weighted by atomic mass is 16.5. The highest BCUT2D eigenvalue weighted by Gasteiger charge is 2.51. The third-order valence-corrected chi connectivity index (χ3v) is 10.3. The average molecular weight is 665 g/mol. The summed E-state index contributed by atoms with van der Waals surface area (Å²) in [7, 11) is 0. The van der Waals surface area contributed by atoms with Gasteiger partial charge in [0.1, 0.15) is 11.5 Å². The highest BCUT2D eigenvalue weighted by Crippen LogP contribution is 2.62. The van der Waals surface area contributed by atoms with Crippen LogP contribution in [0.2, 0.25) is 0 Å². The molecule has 0 saturated carbocycles. The predicted molar refractivity (Wildman–Crippen MR) is 204 cm³/mol. The summed E-state index contributed by atoms with van der Waals surface area (Å²) in [5.41, 5.74) is 11.2. The zero-order chi connectivity index (χ0) is 34.6. The van der Waals surface area contributed by atoms with Crippen molar-refractivity contribution in [3.05, 3.63) is 198 Å². The Morgan fingerprint density at radius 3 is 1.42 bits per heavy atom. The monoisotopic (exact) mass is 664 g/mol. The summed E-state index contributed by atoms with van der Waals surface area (Å²) in [6, 6.07) is 60.2. The van der Waals surface area contributed by atoms with Crippen LogP contribution in [0.15, 0.2) is 170 Å². The molecular weight excluding hydrogens is 637 g/mol. The molecule has 0 radical (unpaired) electrons. The Balaban J connectivity index is 1.15. The predicted octanol–water partition coefficient (Wildman–Crippen LogP) is 10.9. The molecule has 242 valence electrons. The van der Waals surface area contributed by atoms with E-state index in [1.54, 1.807) is 0 Å². The molecule has 0 atom stereocenters. The summed E-state index contributed by atoms with van der Waals surface area (Å²) in [4.78, 5) is 14.7. The van der Waals surface area contributed by atoms with Crippen LogP contribution in [-0.2, 0) is 5.41 Å². The Morgan fingerprint density at radius 2 is 0.865 bits per heavy atom. The van der Waals surface area contributed by atoms with Crippen molar-refractivity contribution >= 4 is 0 Å². The van der Waals surface area contributed by atoms with Crippen LogP contribution in [0.5, 0.6) is 11.5 Å². The summed E-state index contributed by atoms with van der Waals surface area (Å²) in [6.07, 6.45) is 0. The van der Waals surface area contributed by atoms with E-state index < -0.39 is 5.41 Å². The molecule has 0 unspecified atom stereocenters. The lowest BCUT2D eigenvalue weighted by atomic mass is 9.66. The molecule has 1 spiro atoms. The number of para-hydroxylation sites is 2. The van der Waals surface area contributed by atoms with Gasteiger partial charge in [0.15, 0.2) is 17.5 Å². The van der Waals surface area contributed by atoms with Gasteiger partial charge in [-0.15, -0.1) is 0 Å². The molecule has 8 aromatic rings. The first-order chi connectivity index (χ1) is 25.7. The standard InChI is InChI=1S/C47H28N4O/c48-29-34-27-37-35-17-7-8-18-38(35)47(39-19-9-11-21-42(39)52-43-22-12-10-20-40(43)47)41(37)28-36(34)30-23-25-33(26-24-30)46-50-44(31-13-3-1-4-14-31)49-45(51-46)32-15-5-2-6-16-32/h1-28H. The van der Waals surface area contributed by atoms with Gasteiger partial charge in [-0.2, -0.15) is 5.26 Å². The van der Waals surface area contributed by atoms with Gasteiger partial charge in [-0.1, -0.05) is 146 Å². The van der Waals surface area contributed by atoms with Crippen LogP contribution in [0, 0.1) is 11.3 Å². The van der Waals surface area contributed by atoms with E-state index in [0.717, 1.165) is 67.1 Å². The zero-order valence-corrected chi connectivity index (χ0v) is 27.9. The Hall–Kier alpha value is -7.16. The number of rotatable bonds is 4. The van der Waals surface area contributed by atoms with Crippen molar-refractivity contribution in [3.63, 3.8) is 0 Å². The molecule has 1 aromatic heterocycles. The van der Waals surface area contributed by atoms with Gasteiger partial charge in [-0.3, -0.25) is 0 Å². The lowest BCUT2D eigenvalue weighted by Gasteiger charge is -2.39. The van der Waals surface area contributed by atoms with Crippen molar-refractivity contribution in [2.45, 2.75) is 5.41 Å². The molecule has 0 bridgehead atoms. The fourth-order valence-electron chi connectivity index (χ4n) is 7.97. The maximum Gasteiger partial charge on any atom is 0.164 e. The van der Waals surface area contributed by atoms with E-state index in [0.29, 0.717) is 23.0 Å². The molecule has 2 aliphatic rings. The summed E-state index contributed by atoms with van der Waals surface area (Å²) in [5.74, 6) is 3.47. The minimum atomic E-state index is -0.618. The average Bonchev–Trinajstić information content (AvgIpc) is 3.50. The van der Waals surface area contributed by atoms with E-state index in [1.807, 2.05) is 97.1 Å². The number of benzene rings is 7. The summed E-state index contributed by atoms with van der Waals surface area (Å²) in [5, 5.41) is 10.6. The second kappa shape index (κ2) is 11.7. The molecule has 1 aliphatic heterocycles. The Morgan fingerprint density at radius 1 is 0.404 bits per heavy atom. The number of fused-ring (bicyclic) bond motifs is 9. The minimum absolute atomic E-state index is 0.582. The number of aromatic nitrogens is 3. The van der Waals surface area contributed by atoms with Crippen LogP contribution in [-0.4, -0.2) is 15.0 Å². The van der Waals surface area contributed by atoms with Crippen LogP contribution in [0.4, 0.5) is 0 Å². The van der Waals surface area contributed by atoms with Gasteiger partial charge in [-0.05, 0) is 57.6 Å². The van der Waals surface area contributed by atoms with Crippen molar-refractivity contribution in [2.75, 3.05) is 0 Å². The Labute approximate surface area is 301 Å². The molecule has 5 nitrogen and oxygen atoms in total. The first kappa shape index (κ1) is 29.7. The van der Waals surface area contributed by atoms with Crippen molar-refractivity contribution in [2.24, 2.45) is 0 Å². The molecule has 10 rings (SSSR count). The molecule has 7 aromatic carbocycles. The molecule has 5 heteroatoms. The fraction of sp³-hybridized carbons (Fsp3) is 0.0213. The van der Waals surface area contributed by atoms with Crippen molar-refractivity contribution in [3.8, 4) is 74.0 Å². The van der Waals surface area contributed by atoms with Gasteiger partial charge in [0.2, 0.25) is 0 Å². The van der Waals surface area contributed by atoms with Gasteiger partial charge in [0.25, 0.3) is 0 Å². The molecule has 0 fully saturated rings. The Kier molecular flexibility index (Phi) is 6.70. The van der Waals surface area contributed by atoms with Gasteiger partial charge >= 0.3 is 0 Å².